The molecule has 0 aliphatic carbocycles. The summed E-state index contributed by atoms with van der Waals surface area (Å²) in [7, 11) is 1.45. The van der Waals surface area contributed by atoms with E-state index in [-0.39, 0.29) is 12.1 Å². The molecule has 0 unspecified atom stereocenters. The average molecular weight is 198 g/mol. The largest absolute Gasteiger partial charge is 0.453 e. The summed E-state index contributed by atoms with van der Waals surface area (Å²) < 4.78 is 4.81. The van der Waals surface area contributed by atoms with E-state index in [1.54, 1.807) is 0 Å². The minimum absolute atomic E-state index is 0.174. The van der Waals surface area contributed by atoms with Crippen LogP contribution in [0.5, 0.6) is 0 Å². The standard InChI is InChI=1S/C10H18N2O2/c1-14-10(13)12-8-3-2-4-9(12)6-7(11)5-8/h7-9H,2-6,11H2,1H3/t7-,8-,9+. The highest BCUT2D eigenvalue weighted by molar-refractivity contribution is 5.68. The van der Waals surface area contributed by atoms with Crippen LogP contribution in [-0.2, 0) is 4.74 Å². The molecule has 1 amide bonds. The van der Waals surface area contributed by atoms with Crippen LogP contribution in [0.4, 0.5) is 4.79 Å². The Labute approximate surface area is 84.4 Å². The van der Waals surface area contributed by atoms with E-state index in [1.165, 1.54) is 13.5 Å². The molecule has 0 saturated carbocycles. The van der Waals surface area contributed by atoms with E-state index in [2.05, 4.69) is 0 Å². The molecule has 2 aliphatic rings. The first-order chi connectivity index (χ1) is 6.72. The van der Waals surface area contributed by atoms with Gasteiger partial charge in [-0.25, -0.2) is 4.79 Å². The highest BCUT2D eigenvalue weighted by Crippen LogP contribution is 2.33. The highest BCUT2D eigenvalue weighted by Gasteiger charge is 2.40. The lowest BCUT2D eigenvalue weighted by atomic mass is 9.82. The second-order valence-electron chi connectivity index (χ2n) is 4.35. The Bertz CT molecular complexity index is 218. The van der Waals surface area contributed by atoms with Gasteiger partial charge in [0, 0.05) is 18.1 Å². The van der Waals surface area contributed by atoms with Crippen molar-refractivity contribution in [1.82, 2.24) is 4.90 Å². The Hall–Kier alpha value is -0.770. The number of carbonyl (C=O) groups is 1. The van der Waals surface area contributed by atoms with Gasteiger partial charge in [-0.3, -0.25) is 0 Å². The van der Waals surface area contributed by atoms with Crippen molar-refractivity contribution in [2.24, 2.45) is 5.73 Å². The second kappa shape index (κ2) is 3.77. The molecule has 2 fully saturated rings. The molecule has 14 heavy (non-hydrogen) atoms. The van der Waals surface area contributed by atoms with Gasteiger partial charge in [0.1, 0.15) is 0 Å². The third-order valence-corrected chi connectivity index (χ3v) is 3.40. The molecule has 2 rings (SSSR count). The molecule has 0 aromatic heterocycles. The van der Waals surface area contributed by atoms with Crippen LogP contribution in [0, 0.1) is 0 Å². The van der Waals surface area contributed by atoms with Crippen molar-refractivity contribution in [3.63, 3.8) is 0 Å². The van der Waals surface area contributed by atoms with Gasteiger partial charge >= 0.3 is 6.09 Å². The number of rotatable bonds is 0. The Morgan fingerprint density at radius 1 is 1.36 bits per heavy atom. The van der Waals surface area contributed by atoms with Crippen molar-refractivity contribution in [1.29, 1.82) is 0 Å². The molecule has 2 saturated heterocycles. The van der Waals surface area contributed by atoms with E-state index in [0.29, 0.717) is 12.1 Å². The summed E-state index contributed by atoms with van der Waals surface area (Å²) in [6.45, 7) is 0. The molecule has 0 spiro atoms. The van der Waals surface area contributed by atoms with Crippen molar-refractivity contribution >= 4 is 6.09 Å². The van der Waals surface area contributed by atoms with E-state index in [0.717, 1.165) is 25.7 Å². The van der Waals surface area contributed by atoms with Crippen LogP contribution in [0.25, 0.3) is 0 Å². The summed E-state index contributed by atoms with van der Waals surface area (Å²) in [4.78, 5) is 13.5. The number of nitrogens with zero attached hydrogens (tertiary/aromatic N) is 1. The van der Waals surface area contributed by atoms with E-state index < -0.39 is 0 Å². The summed E-state index contributed by atoms with van der Waals surface area (Å²) in [6.07, 6.45) is 5.08. The lowest BCUT2D eigenvalue weighted by Gasteiger charge is -2.47. The molecular weight excluding hydrogens is 180 g/mol. The first kappa shape index (κ1) is 9.77. The summed E-state index contributed by atoms with van der Waals surface area (Å²) in [6, 6.07) is 0.918. The van der Waals surface area contributed by atoms with Crippen LogP contribution in [0.3, 0.4) is 0 Å². The number of carbonyl (C=O) groups excluding carboxylic acids is 1. The molecule has 2 heterocycles. The first-order valence-electron chi connectivity index (χ1n) is 5.34. The van der Waals surface area contributed by atoms with E-state index in [9.17, 15) is 4.79 Å². The average Bonchev–Trinajstić information content (AvgIpc) is 2.15. The maximum Gasteiger partial charge on any atom is 0.409 e. The molecule has 0 radical (unpaired) electrons. The van der Waals surface area contributed by atoms with Gasteiger partial charge in [-0.1, -0.05) is 0 Å². The fourth-order valence-corrected chi connectivity index (χ4v) is 2.83. The molecule has 0 aromatic rings. The number of hydrogen-bond donors (Lipinski definition) is 1. The van der Waals surface area contributed by atoms with Crippen LogP contribution in [-0.4, -0.2) is 36.2 Å². The molecule has 2 aliphatic heterocycles. The van der Waals surface area contributed by atoms with Crippen LogP contribution < -0.4 is 5.73 Å². The number of amides is 1. The topological polar surface area (TPSA) is 55.6 Å². The normalized spacial score (nSPS) is 36.7. The molecule has 4 nitrogen and oxygen atoms in total. The second-order valence-corrected chi connectivity index (χ2v) is 4.35. The van der Waals surface area contributed by atoms with Crippen molar-refractivity contribution < 1.29 is 9.53 Å². The quantitative estimate of drug-likeness (QED) is 0.634. The SMILES string of the molecule is COC(=O)N1[C@@H]2CCC[C@H]1C[C@H](N)C2. The van der Waals surface area contributed by atoms with Crippen LogP contribution in [0.15, 0.2) is 0 Å². The molecular formula is C10H18N2O2. The van der Waals surface area contributed by atoms with Crippen LogP contribution >= 0.6 is 0 Å². The number of fused-ring (bicyclic) bond motifs is 2. The fourth-order valence-electron chi connectivity index (χ4n) is 2.83. The smallest absolute Gasteiger partial charge is 0.409 e. The van der Waals surface area contributed by atoms with E-state index in [1.807, 2.05) is 4.90 Å². The molecule has 80 valence electrons. The van der Waals surface area contributed by atoms with Crippen molar-refractivity contribution in [2.75, 3.05) is 7.11 Å². The summed E-state index contributed by atoms with van der Waals surface area (Å²) >= 11 is 0. The summed E-state index contributed by atoms with van der Waals surface area (Å²) in [5.74, 6) is 0. The number of hydrogen-bond acceptors (Lipinski definition) is 3. The van der Waals surface area contributed by atoms with Gasteiger partial charge < -0.3 is 15.4 Å². The zero-order chi connectivity index (χ0) is 10.1. The Morgan fingerprint density at radius 2 is 1.93 bits per heavy atom. The van der Waals surface area contributed by atoms with Gasteiger partial charge in [-0.15, -0.1) is 0 Å². The maximum absolute atomic E-state index is 11.6. The summed E-state index contributed by atoms with van der Waals surface area (Å²) in [5, 5.41) is 0. The zero-order valence-electron chi connectivity index (χ0n) is 8.61. The van der Waals surface area contributed by atoms with Gasteiger partial charge in [0.25, 0.3) is 0 Å². The number of nitrogens with two attached hydrogens (primary N) is 1. The van der Waals surface area contributed by atoms with Crippen molar-refractivity contribution in [3.8, 4) is 0 Å². The maximum atomic E-state index is 11.6. The predicted molar refractivity (Wildman–Crippen MR) is 52.9 cm³/mol. The minimum Gasteiger partial charge on any atom is -0.453 e. The van der Waals surface area contributed by atoms with Gasteiger partial charge in [-0.05, 0) is 32.1 Å². The van der Waals surface area contributed by atoms with Crippen LogP contribution in [0.2, 0.25) is 0 Å². The van der Waals surface area contributed by atoms with Crippen molar-refractivity contribution in [2.45, 2.75) is 50.2 Å². The third-order valence-electron chi connectivity index (χ3n) is 3.40. The monoisotopic (exact) mass is 198 g/mol. The highest BCUT2D eigenvalue weighted by atomic mass is 16.5. The fraction of sp³-hybridized carbons (Fsp3) is 0.900. The Morgan fingerprint density at radius 3 is 2.43 bits per heavy atom. The van der Waals surface area contributed by atoms with Crippen LogP contribution in [0.1, 0.15) is 32.1 Å². The molecule has 0 aromatic carbocycles. The van der Waals surface area contributed by atoms with Crippen molar-refractivity contribution in [3.05, 3.63) is 0 Å². The number of piperidine rings is 2. The molecule has 2 N–H and O–H groups in total. The lowest BCUT2D eigenvalue weighted by molar-refractivity contribution is 0.0268. The Kier molecular flexibility index (Phi) is 2.63. The van der Waals surface area contributed by atoms with Gasteiger partial charge in [-0.2, -0.15) is 0 Å². The van der Waals surface area contributed by atoms with Gasteiger partial charge in [0.15, 0.2) is 0 Å². The minimum atomic E-state index is -0.174. The number of methoxy groups -OCH3 is 1. The van der Waals surface area contributed by atoms with Gasteiger partial charge in [0.05, 0.1) is 7.11 Å². The van der Waals surface area contributed by atoms with E-state index >= 15 is 0 Å². The predicted octanol–water partition coefficient (Wildman–Crippen LogP) is 1.10. The Balaban J connectivity index is 2.12. The van der Waals surface area contributed by atoms with E-state index in [4.69, 9.17) is 10.5 Å². The first-order valence-corrected chi connectivity index (χ1v) is 5.34. The summed E-state index contributed by atoms with van der Waals surface area (Å²) in [5.41, 5.74) is 5.95. The zero-order valence-corrected chi connectivity index (χ0v) is 8.61. The number of ether oxygens (including phenoxy) is 1. The lowest BCUT2D eigenvalue weighted by Crippen LogP contribution is -2.57. The van der Waals surface area contributed by atoms with Gasteiger partial charge in [0.2, 0.25) is 0 Å². The third kappa shape index (κ3) is 1.59. The molecule has 3 atom stereocenters. The molecule has 4 heteroatoms. The molecule has 2 bridgehead atoms.